The molecule has 3 aromatic rings. The number of aliphatic carboxylic acids is 1. The first kappa shape index (κ1) is 16.0. The van der Waals surface area contributed by atoms with Crippen LogP contribution in [0.1, 0.15) is 18.9 Å². The lowest BCUT2D eigenvalue weighted by atomic mass is 10.1. The maximum Gasteiger partial charge on any atom is 0.341 e. The molecule has 0 saturated carbocycles. The summed E-state index contributed by atoms with van der Waals surface area (Å²) in [6.07, 6.45) is 2.77. The van der Waals surface area contributed by atoms with Crippen LogP contribution in [0.2, 0.25) is 0 Å². The lowest BCUT2D eigenvalue weighted by molar-refractivity contribution is -0.139. The van der Waals surface area contributed by atoms with Gasteiger partial charge < -0.3 is 9.84 Å². The Labute approximate surface area is 139 Å². The average molecular weight is 325 g/mol. The molecule has 1 N–H and O–H groups in total. The van der Waals surface area contributed by atoms with Crippen LogP contribution >= 0.6 is 0 Å². The van der Waals surface area contributed by atoms with E-state index in [0.29, 0.717) is 5.75 Å². The number of para-hydroxylation sites is 1. The van der Waals surface area contributed by atoms with E-state index in [2.05, 4.69) is 17.0 Å². The minimum Gasteiger partial charge on any atom is -0.481 e. The highest BCUT2D eigenvalue weighted by molar-refractivity contribution is 5.82. The number of nitrogens with zero attached hydrogens (tertiary/aromatic N) is 3. The fourth-order valence-corrected chi connectivity index (χ4v) is 2.76. The van der Waals surface area contributed by atoms with Crippen molar-refractivity contribution in [2.45, 2.75) is 26.8 Å². The molecule has 0 bridgehead atoms. The van der Waals surface area contributed by atoms with Gasteiger partial charge in [0.05, 0.1) is 17.4 Å². The third kappa shape index (κ3) is 3.08. The third-order valence-electron chi connectivity index (χ3n) is 3.74. The summed E-state index contributed by atoms with van der Waals surface area (Å²) >= 11 is 0. The summed E-state index contributed by atoms with van der Waals surface area (Å²) < 4.78 is 7.35. The van der Waals surface area contributed by atoms with E-state index in [9.17, 15) is 4.79 Å². The van der Waals surface area contributed by atoms with Gasteiger partial charge in [0.1, 0.15) is 11.3 Å². The second kappa shape index (κ2) is 6.70. The minimum absolute atomic E-state index is 0.382. The molecular weight excluding hydrogens is 306 g/mol. The lowest BCUT2D eigenvalue weighted by Gasteiger charge is -2.11. The van der Waals surface area contributed by atoms with Crippen molar-refractivity contribution in [3.05, 3.63) is 42.1 Å². The summed E-state index contributed by atoms with van der Waals surface area (Å²) in [7, 11) is 0. The zero-order valence-corrected chi connectivity index (χ0v) is 13.7. The molecule has 3 rings (SSSR count). The van der Waals surface area contributed by atoms with Crippen molar-refractivity contribution in [3.63, 3.8) is 0 Å². The van der Waals surface area contributed by atoms with Crippen molar-refractivity contribution in [3.8, 4) is 17.0 Å². The molecule has 0 aliphatic heterocycles. The third-order valence-corrected chi connectivity index (χ3v) is 3.74. The van der Waals surface area contributed by atoms with Gasteiger partial charge in [-0.15, -0.1) is 0 Å². The summed E-state index contributed by atoms with van der Waals surface area (Å²) in [5.41, 5.74) is 4.45. The van der Waals surface area contributed by atoms with E-state index in [1.807, 2.05) is 35.9 Å². The number of hydrogen-bond donors (Lipinski definition) is 1. The Hall–Kier alpha value is -2.89. The second-order valence-electron chi connectivity index (χ2n) is 5.60. The largest absolute Gasteiger partial charge is 0.481 e. The fourth-order valence-electron chi connectivity index (χ4n) is 2.76. The maximum atomic E-state index is 10.8. The first-order chi connectivity index (χ1) is 11.6. The molecule has 124 valence electrons. The topological polar surface area (TPSA) is 77.2 Å². The SMILES string of the molecule is CCCn1ncc2nc(-c3ccccc3OCC(=O)O)cc(C)c21. The Morgan fingerprint density at radius 1 is 1.33 bits per heavy atom. The van der Waals surface area contributed by atoms with Gasteiger partial charge in [-0.3, -0.25) is 4.68 Å². The van der Waals surface area contributed by atoms with Crippen LogP contribution in [-0.2, 0) is 11.3 Å². The van der Waals surface area contributed by atoms with Gasteiger partial charge >= 0.3 is 5.97 Å². The summed E-state index contributed by atoms with van der Waals surface area (Å²) in [6.45, 7) is 4.61. The summed E-state index contributed by atoms with van der Waals surface area (Å²) in [6, 6.07) is 9.30. The van der Waals surface area contributed by atoms with E-state index < -0.39 is 5.97 Å². The highest BCUT2D eigenvalue weighted by Crippen LogP contribution is 2.31. The van der Waals surface area contributed by atoms with Crippen molar-refractivity contribution < 1.29 is 14.6 Å². The minimum atomic E-state index is -1.01. The number of fused-ring (bicyclic) bond motifs is 1. The van der Waals surface area contributed by atoms with Crippen LogP contribution < -0.4 is 4.74 Å². The van der Waals surface area contributed by atoms with Crippen LogP contribution in [0.4, 0.5) is 0 Å². The van der Waals surface area contributed by atoms with Crippen LogP contribution in [0.5, 0.6) is 5.75 Å². The molecule has 0 atom stereocenters. The number of carboxylic acid groups (broad SMARTS) is 1. The van der Waals surface area contributed by atoms with E-state index in [4.69, 9.17) is 9.84 Å². The normalized spacial score (nSPS) is 10.9. The van der Waals surface area contributed by atoms with E-state index in [0.717, 1.165) is 40.8 Å². The number of ether oxygens (including phenoxy) is 1. The molecule has 6 nitrogen and oxygen atoms in total. The highest BCUT2D eigenvalue weighted by atomic mass is 16.5. The van der Waals surface area contributed by atoms with Gasteiger partial charge in [0.15, 0.2) is 6.61 Å². The number of benzene rings is 1. The monoisotopic (exact) mass is 325 g/mol. The molecule has 0 fully saturated rings. The van der Waals surface area contributed by atoms with Crippen LogP contribution in [0.15, 0.2) is 36.5 Å². The van der Waals surface area contributed by atoms with Crippen LogP contribution in [0.25, 0.3) is 22.3 Å². The van der Waals surface area contributed by atoms with Crippen LogP contribution in [0, 0.1) is 6.92 Å². The van der Waals surface area contributed by atoms with Gasteiger partial charge in [-0.2, -0.15) is 5.10 Å². The predicted molar refractivity (Wildman–Crippen MR) is 91.1 cm³/mol. The number of aromatic nitrogens is 3. The van der Waals surface area contributed by atoms with Crippen LogP contribution in [-0.4, -0.2) is 32.4 Å². The molecular formula is C18H19N3O3. The Kier molecular flexibility index (Phi) is 4.46. The van der Waals surface area contributed by atoms with Crippen molar-refractivity contribution in [2.24, 2.45) is 0 Å². The van der Waals surface area contributed by atoms with Crippen molar-refractivity contribution >= 4 is 17.0 Å². The van der Waals surface area contributed by atoms with Gasteiger partial charge in [0, 0.05) is 12.1 Å². The molecule has 0 spiro atoms. The number of aryl methyl sites for hydroxylation is 2. The molecule has 24 heavy (non-hydrogen) atoms. The first-order valence-corrected chi connectivity index (χ1v) is 7.87. The molecule has 0 aliphatic rings. The number of rotatable bonds is 6. The smallest absolute Gasteiger partial charge is 0.341 e. The summed E-state index contributed by atoms with van der Waals surface area (Å²) in [5.74, 6) is -0.502. The zero-order chi connectivity index (χ0) is 17.1. The molecule has 0 unspecified atom stereocenters. The number of pyridine rings is 1. The molecule has 0 aliphatic carbocycles. The first-order valence-electron chi connectivity index (χ1n) is 7.87. The zero-order valence-electron chi connectivity index (χ0n) is 13.7. The molecule has 1 aromatic carbocycles. The van der Waals surface area contributed by atoms with Crippen LogP contribution in [0.3, 0.4) is 0 Å². The van der Waals surface area contributed by atoms with Crippen molar-refractivity contribution in [1.29, 1.82) is 0 Å². The number of carboxylic acids is 1. The van der Waals surface area contributed by atoms with Crippen molar-refractivity contribution in [1.82, 2.24) is 14.8 Å². The Bertz CT molecular complexity index is 886. The predicted octanol–water partition coefficient (Wildman–Crippen LogP) is 3.28. The highest BCUT2D eigenvalue weighted by Gasteiger charge is 2.13. The molecule has 0 amide bonds. The van der Waals surface area contributed by atoms with E-state index >= 15 is 0 Å². The Morgan fingerprint density at radius 3 is 2.88 bits per heavy atom. The number of hydrogen-bond acceptors (Lipinski definition) is 4. The second-order valence-corrected chi connectivity index (χ2v) is 5.60. The van der Waals surface area contributed by atoms with Gasteiger partial charge in [0.25, 0.3) is 0 Å². The summed E-state index contributed by atoms with van der Waals surface area (Å²) in [5, 5.41) is 13.2. The fraction of sp³-hybridized carbons (Fsp3) is 0.278. The Morgan fingerprint density at radius 2 is 2.12 bits per heavy atom. The van der Waals surface area contributed by atoms with Gasteiger partial charge in [-0.1, -0.05) is 19.1 Å². The molecule has 2 heterocycles. The van der Waals surface area contributed by atoms with E-state index in [-0.39, 0.29) is 6.61 Å². The number of carbonyl (C=O) groups is 1. The quantitative estimate of drug-likeness (QED) is 0.752. The Balaban J connectivity index is 2.06. The van der Waals surface area contributed by atoms with Gasteiger partial charge in [0.2, 0.25) is 0 Å². The van der Waals surface area contributed by atoms with Gasteiger partial charge in [-0.05, 0) is 37.1 Å². The van der Waals surface area contributed by atoms with Crippen molar-refractivity contribution in [2.75, 3.05) is 6.61 Å². The molecule has 2 aromatic heterocycles. The van der Waals surface area contributed by atoms with E-state index in [1.54, 1.807) is 12.3 Å². The van der Waals surface area contributed by atoms with Gasteiger partial charge in [-0.25, -0.2) is 9.78 Å². The molecule has 6 heteroatoms. The maximum absolute atomic E-state index is 10.8. The lowest BCUT2D eigenvalue weighted by Crippen LogP contribution is -2.10. The molecule has 0 radical (unpaired) electrons. The van der Waals surface area contributed by atoms with E-state index in [1.165, 1.54) is 0 Å². The standard InChI is InChI=1S/C18H19N3O3/c1-3-8-21-18-12(2)9-14(20-15(18)10-19-21)13-6-4-5-7-16(13)24-11-17(22)23/h4-7,9-10H,3,8,11H2,1-2H3,(H,22,23). The summed E-state index contributed by atoms with van der Waals surface area (Å²) in [4.78, 5) is 15.4. The molecule has 0 saturated heterocycles. The average Bonchev–Trinajstić information content (AvgIpc) is 2.97.